The van der Waals surface area contributed by atoms with Crippen LogP contribution < -0.4 is 9.46 Å². The predicted molar refractivity (Wildman–Crippen MR) is 82.6 cm³/mol. The summed E-state index contributed by atoms with van der Waals surface area (Å²) in [6.45, 7) is 7.54. The maximum atomic E-state index is 12.2. The van der Waals surface area contributed by atoms with Gasteiger partial charge in [0.15, 0.2) is 5.76 Å². The molecule has 1 heterocycles. The van der Waals surface area contributed by atoms with E-state index in [1.807, 2.05) is 32.0 Å². The van der Waals surface area contributed by atoms with Gasteiger partial charge in [0.25, 0.3) is 0 Å². The van der Waals surface area contributed by atoms with Crippen molar-refractivity contribution in [2.45, 2.75) is 32.6 Å². The molecule has 0 saturated carbocycles. The van der Waals surface area contributed by atoms with Gasteiger partial charge in [0.2, 0.25) is 10.0 Å². The van der Waals surface area contributed by atoms with Crippen LogP contribution in [0.3, 0.4) is 0 Å². The summed E-state index contributed by atoms with van der Waals surface area (Å²) in [7, 11) is -3.64. The van der Waals surface area contributed by atoms with Gasteiger partial charge in [-0.25, -0.2) is 13.1 Å². The number of rotatable bonds is 6. The van der Waals surface area contributed by atoms with Crippen molar-refractivity contribution in [1.82, 2.24) is 9.88 Å². The second-order valence-corrected chi connectivity index (χ2v) is 6.87. The molecule has 0 aliphatic heterocycles. The lowest BCUT2D eigenvalue weighted by Gasteiger charge is -2.10. The van der Waals surface area contributed by atoms with Crippen molar-refractivity contribution in [2.24, 2.45) is 0 Å². The second-order valence-electron chi connectivity index (χ2n) is 5.17. The van der Waals surface area contributed by atoms with Gasteiger partial charge in [-0.1, -0.05) is 22.9 Å². The highest BCUT2D eigenvalue weighted by molar-refractivity contribution is 7.89. The van der Waals surface area contributed by atoms with Crippen LogP contribution in [0.4, 0.5) is 0 Å². The molecule has 0 spiro atoms. The highest BCUT2D eigenvalue weighted by Crippen LogP contribution is 2.19. The molecule has 0 fully saturated rings. The fourth-order valence-corrected chi connectivity index (χ4v) is 3.57. The quantitative estimate of drug-likeness (QED) is 0.824. The lowest BCUT2D eigenvalue weighted by molar-refractivity contribution is 0.320. The first-order chi connectivity index (χ1) is 10.3. The molecule has 1 aromatic carbocycles. The Labute approximate surface area is 130 Å². The minimum Gasteiger partial charge on any atom is -0.492 e. The zero-order chi connectivity index (χ0) is 16.3. The number of nitrogens with zero attached hydrogens (tertiary/aromatic N) is 1. The lowest BCUT2D eigenvalue weighted by Crippen LogP contribution is -2.29. The van der Waals surface area contributed by atoms with Crippen molar-refractivity contribution in [3.63, 3.8) is 0 Å². The summed E-state index contributed by atoms with van der Waals surface area (Å²) in [6, 6.07) is 5.85. The van der Waals surface area contributed by atoms with Crippen molar-refractivity contribution in [2.75, 3.05) is 13.2 Å². The van der Waals surface area contributed by atoms with Gasteiger partial charge in [0.1, 0.15) is 22.9 Å². The minimum atomic E-state index is -3.64. The highest BCUT2D eigenvalue weighted by Gasteiger charge is 2.23. The molecule has 2 aromatic rings. The van der Waals surface area contributed by atoms with Crippen molar-refractivity contribution < 1.29 is 17.7 Å². The third kappa shape index (κ3) is 3.66. The number of ether oxygens (including phenoxy) is 1. The average Bonchev–Trinajstić information content (AvgIpc) is 2.77. The number of nitrogens with one attached hydrogen (secondary N) is 1. The number of sulfonamides is 1. The third-order valence-corrected chi connectivity index (χ3v) is 4.92. The summed E-state index contributed by atoms with van der Waals surface area (Å²) in [6.07, 6.45) is 0. The van der Waals surface area contributed by atoms with Gasteiger partial charge < -0.3 is 9.26 Å². The van der Waals surface area contributed by atoms with E-state index in [2.05, 4.69) is 9.88 Å². The van der Waals surface area contributed by atoms with E-state index in [1.165, 1.54) is 0 Å². The highest BCUT2D eigenvalue weighted by atomic mass is 32.2. The zero-order valence-electron chi connectivity index (χ0n) is 13.1. The first kappa shape index (κ1) is 16.5. The standard InChI is InChI=1S/C15H20N2O4S/c1-10-5-6-14(11(2)9-10)20-8-7-16-22(18,19)15-12(3)17-21-13(15)4/h5-6,9,16H,7-8H2,1-4H3. The largest absolute Gasteiger partial charge is 0.492 e. The van der Waals surface area contributed by atoms with Crippen LogP contribution in [-0.2, 0) is 10.0 Å². The minimum absolute atomic E-state index is 0.0963. The Morgan fingerprint density at radius 3 is 2.55 bits per heavy atom. The van der Waals surface area contributed by atoms with Crippen LogP contribution in [0, 0.1) is 27.7 Å². The molecule has 2 rings (SSSR count). The van der Waals surface area contributed by atoms with Crippen molar-refractivity contribution in [1.29, 1.82) is 0 Å². The van der Waals surface area contributed by atoms with E-state index >= 15 is 0 Å². The van der Waals surface area contributed by atoms with Crippen LogP contribution in [0.5, 0.6) is 5.75 Å². The lowest BCUT2D eigenvalue weighted by atomic mass is 10.1. The molecule has 0 amide bonds. The fraction of sp³-hybridized carbons (Fsp3) is 0.400. The average molecular weight is 324 g/mol. The van der Waals surface area contributed by atoms with Crippen molar-refractivity contribution in [3.05, 3.63) is 40.8 Å². The molecular weight excluding hydrogens is 304 g/mol. The van der Waals surface area contributed by atoms with Crippen LogP contribution in [0.15, 0.2) is 27.6 Å². The molecule has 0 radical (unpaired) electrons. The molecule has 0 bridgehead atoms. The molecule has 22 heavy (non-hydrogen) atoms. The van der Waals surface area contributed by atoms with Gasteiger partial charge in [-0.05, 0) is 39.3 Å². The van der Waals surface area contributed by atoms with E-state index < -0.39 is 10.0 Å². The zero-order valence-corrected chi connectivity index (χ0v) is 14.0. The molecule has 7 heteroatoms. The van der Waals surface area contributed by atoms with E-state index in [9.17, 15) is 8.42 Å². The first-order valence-corrected chi connectivity index (χ1v) is 8.42. The van der Waals surface area contributed by atoms with E-state index in [1.54, 1.807) is 13.8 Å². The first-order valence-electron chi connectivity index (χ1n) is 6.94. The molecule has 0 atom stereocenters. The maximum Gasteiger partial charge on any atom is 0.246 e. The Kier molecular flexibility index (Phi) is 4.87. The van der Waals surface area contributed by atoms with Gasteiger partial charge >= 0.3 is 0 Å². The Morgan fingerprint density at radius 2 is 1.95 bits per heavy atom. The summed E-state index contributed by atoms with van der Waals surface area (Å²) in [5, 5.41) is 3.65. The van der Waals surface area contributed by atoms with E-state index in [0.29, 0.717) is 5.69 Å². The number of hydrogen-bond donors (Lipinski definition) is 1. The second kappa shape index (κ2) is 6.50. The summed E-state index contributed by atoms with van der Waals surface area (Å²) in [4.78, 5) is 0.0963. The predicted octanol–water partition coefficient (Wildman–Crippen LogP) is 2.27. The van der Waals surface area contributed by atoms with Gasteiger partial charge in [-0.2, -0.15) is 0 Å². The van der Waals surface area contributed by atoms with Crippen LogP contribution in [0.1, 0.15) is 22.6 Å². The van der Waals surface area contributed by atoms with Gasteiger partial charge in [-0.3, -0.25) is 0 Å². The summed E-state index contributed by atoms with van der Waals surface area (Å²) in [5.41, 5.74) is 2.53. The van der Waals surface area contributed by atoms with Gasteiger partial charge in [0, 0.05) is 6.54 Å². The molecule has 0 aliphatic carbocycles. The van der Waals surface area contributed by atoms with Crippen LogP contribution >= 0.6 is 0 Å². The third-order valence-electron chi connectivity index (χ3n) is 3.22. The number of aryl methyl sites for hydroxylation is 4. The monoisotopic (exact) mass is 324 g/mol. The van der Waals surface area contributed by atoms with Crippen molar-refractivity contribution in [3.8, 4) is 5.75 Å². The van der Waals surface area contributed by atoms with Crippen LogP contribution in [-0.4, -0.2) is 26.7 Å². The molecule has 6 nitrogen and oxygen atoms in total. The molecule has 120 valence electrons. The molecule has 1 N–H and O–H groups in total. The maximum absolute atomic E-state index is 12.2. The van der Waals surface area contributed by atoms with Crippen LogP contribution in [0.2, 0.25) is 0 Å². The van der Waals surface area contributed by atoms with Gasteiger partial charge in [-0.15, -0.1) is 0 Å². The topological polar surface area (TPSA) is 81.4 Å². The van der Waals surface area contributed by atoms with Gasteiger partial charge in [0.05, 0.1) is 0 Å². The van der Waals surface area contributed by atoms with E-state index in [0.717, 1.165) is 16.9 Å². The smallest absolute Gasteiger partial charge is 0.246 e. The fourth-order valence-electron chi connectivity index (χ4n) is 2.23. The Morgan fingerprint density at radius 1 is 1.23 bits per heavy atom. The van der Waals surface area contributed by atoms with Crippen molar-refractivity contribution >= 4 is 10.0 Å². The molecular formula is C15H20N2O4S. The summed E-state index contributed by atoms with van der Waals surface area (Å²) in [5.74, 6) is 1.03. The molecule has 1 aromatic heterocycles. The number of benzene rings is 1. The number of hydrogen-bond acceptors (Lipinski definition) is 5. The Bertz CT molecular complexity index is 746. The normalized spacial score (nSPS) is 11.6. The SMILES string of the molecule is Cc1ccc(OCCNS(=O)(=O)c2c(C)noc2C)c(C)c1. The Hall–Kier alpha value is -1.86. The molecule has 0 saturated heterocycles. The van der Waals surface area contributed by atoms with E-state index in [4.69, 9.17) is 9.26 Å². The van der Waals surface area contributed by atoms with Crippen LogP contribution in [0.25, 0.3) is 0 Å². The summed E-state index contributed by atoms with van der Waals surface area (Å²) >= 11 is 0. The van der Waals surface area contributed by atoms with E-state index in [-0.39, 0.29) is 23.8 Å². The molecule has 0 aliphatic rings. The summed E-state index contributed by atoms with van der Waals surface area (Å²) < 4.78 is 37.4. The molecule has 0 unspecified atom stereocenters. The Balaban J connectivity index is 1.94. The number of aromatic nitrogens is 1.